The number of aromatic nitrogens is 2. The van der Waals surface area contributed by atoms with Gasteiger partial charge in [-0.25, -0.2) is 4.79 Å². The molecule has 0 unspecified atom stereocenters. The van der Waals surface area contributed by atoms with Crippen molar-refractivity contribution in [3.05, 3.63) is 31.9 Å². The van der Waals surface area contributed by atoms with Crippen molar-refractivity contribution in [2.24, 2.45) is 12.8 Å². The molecule has 0 atom stereocenters. The number of amides is 2. The number of methoxy groups -OCH3 is 1. The Kier molecular flexibility index (Phi) is 5.09. The van der Waals surface area contributed by atoms with Gasteiger partial charge in [0.25, 0.3) is 11.8 Å². The van der Waals surface area contributed by atoms with E-state index in [4.69, 9.17) is 10.5 Å². The molecule has 0 aliphatic rings. The lowest BCUT2D eigenvalue weighted by molar-refractivity contribution is 0.0601. The van der Waals surface area contributed by atoms with Crippen molar-refractivity contribution in [1.82, 2.24) is 9.78 Å². The molecule has 2 heterocycles. The summed E-state index contributed by atoms with van der Waals surface area (Å²) in [6.45, 7) is 3.37. The monoisotopic (exact) mass is 414 g/mol. The van der Waals surface area contributed by atoms with Crippen LogP contribution in [0.4, 0.5) is 5.00 Å². The van der Waals surface area contributed by atoms with Crippen molar-refractivity contribution < 1.29 is 19.1 Å². The Balaban J connectivity index is 2.47. The second-order valence-electron chi connectivity index (χ2n) is 4.94. The van der Waals surface area contributed by atoms with Gasteiger partial charge in [0.1, 0.15) is 5.00 Å². The van der Waals surface area contributed by atoms with Gasteiger partial charge in [-0.3, -0.25) is 14.3 Å². The van der Waals surface area contributed by atoms with Gasteiger partial charge in [-0.15, -0.1) is 11.3 Å². The summed E-state index contributed by atoms with van der Waals surface area (Å²) >= 11 is 4.23. The van der Waals surface area contributed by atoms with E-state index in [2.05, 4.69) is 26.3 Å². The summed E-state index contributed by atoms with van der Waals surface area (Å²) in [5.41, 5.74) is 6.72. The number of carbonyl (C=O) groups excluding carboxylic acids is 3. The Labute approximate surface area is 150 Å². The normalized spacial score (nSPS) is 10.5. The number of nitrogens with zero attached hydrogens (tertiary/aromatic N) is 2. The lowest BCUT2D eigenvalue weighted by Crippen LogP contribution is -2.15. The number of thiophene rings is 1. The van der Waals surface area contributed by atoms with E-state index in [0.717, 1.165) is 17.0 Å². The first-order chi connectivity index (χ1) is 11.2. The van der Waals surface area contributed by atoms with Crippen molar-refractivity contribution in [2.45, 2.75) is 13.8 Å². The second kappa shape index (κ2) is 6.73. The fourth-order valence-electron chi connectivity index (χ4n) is 2.07. The number of hydrogen-bond acceptors (Lipinski definition) is 6. The third-order valence-electron chi connectivity index (χ3n) is 3.46. The predicted octanol–water partition coefficient (Wildman–Crippen LogP) is 2.00. The second-order valence-corrected chi connectivity index (χ2v) is 6.76. The molecule has 2 aromatic rings. The van der Waals surface area contributed by atoms with Gasteiger partial charge in [-0.2, -0.15) is 5.10 Å². The number of nitrogens with two attached hydrogens (primary N) is 1. The molecule has 3 N–H and O–H groups in total. The van der Waals surface area contributed by atoms with E-state index in [1.165, 1.54) is 7.11 Å². The zero-order valence-corrected chi connectivity index (χ0v) is 15.8. The summed E-state index contributed by atoms with van der Waals surface area (Å²) in [5, 5.41) is 6.91. The molecule has 2 aromatic heterocycles. The van der Waals surface area contributed by atoms with Crippen LogP contribution in [-0.4, -0.2) is 34.7 Å². The fourth-order valence-corrected chi connectivity index (χ4v) is 3.63. The maximum absolute atomic E-state index is 12.5. The lowest BCUT2D eigenvalue weighted by atomic mass is 10.1. The quantitative estimate of drug-likeness (QED) is 0.741. The van der Waals surface area contributed by atoms with E-state index in [9.17, 15) is 14.4 Å². The van der Waals surface area contributed by atoms with Crippen molar-refractivity contribution in [3.63, 3.8) is 0 Å². The van der Waals surface area contributed by atoms with Crippen LogP contribution in [0.15, 0.2) is 4.47 Å². The highest BCUT2D eigenvalue weighted by atomic mass is 79.9. The van der Waals surface area contributed by atoms with Gasteiger partial charge in [-0.1, -0.05) is 0 Å². The molecule has 0 aromatic carbocycles. The maximum Gasteiger partial charge on any atom is 0.341 e. The number of anilines is 1. The Morgan fingerprint density at radius 3 is 2.42 bits per heavy atom. The first-order valence-corrected chi connectivity index (χ1v) is 8.31. The largest absolute Gasteiger partial charge is 0.465 e. The van der Waals surface area contributed by atoms with E-state index in [-0.39, 0.29) is 21.1 Å². The third-order valence-corrected chi connectivity index (χ3v) is 5.63. The summed E-state index contributed by atoms with van der Waals surface area (Å²) in [6, 6.07) is 0. The van der Waals surface area contributed by atoms with Crippen molar-refractivity contribution in [3.8, 4) is 0 Å². The number of rotatable bonds is 4. The van der Waals surface area contributed by atoms with Gasteiger partial charge in [-0.05, 0) is 35.3 Å². The van der Waals surface area contributed by atoms with Crippen LogP contribution in [0.2, 0.25) is 0 Å². The highest BCUT2D eigenvalue weighted by molar-refractivity contribution is 9.10. The number of hydrogen-bond donors (Lipinski definition) is 2. The van der Waals surface area contributed by atoms with Gasteiger partial charge in [0.15, 0.2) is 5.69 Å². The van der Waals surface area contributed by atoms with Crippen LogP contribution in [0, 0.1) is 13.8 Å². The van der Waals surface area contributed by atoms with Crippen LogP contribution in [-0.2, 0) is 11.8 Å². The molecule has 128 valence electrons. The van der Waals surface area contributed by atoms with E-state index < -0.39 is 17.8 Å². The first kappa shape index (κ1) is 18.1. The first-order valence-electron chi connectivity index (χ1n) is 6.71. The highest BCUT2D eigenvalue weighted by Gasteiger charge is 2.27. The molecule has 0 radical (unpaired) electrons. The molecule has 0 fully saturated rings. The van der Waals surface area contributed by atoms with Crippen LogP contribution < -0.4 is 11.1 Å². The fraction of sp³-hybridized carbons (Fsp3) is 0.286. The molecular formula is C14H15BrN4O4S. The average Bonchev–Trinajstić information content (AvgIpc) is 2.98. The third kappa shape index (κ3) is 3.06. The van der Waals surface area contributed by atoms with Crippen LogP contribution in [0.5, 0.6) is 0 Å². The van der Waals surface area contributed by atoms with Crippen molar-refractivity contribution in [1.29, 1.82) is 0 Å². The van der Waals surface area contributed by atoms with E-state index in [1.807, 2.05) is 0 Å². The molecule has 0 spiro atoms. The van der Waals surface area contributed by atoms with Gasteiger partial charge in [0.05, 0.1) is 27.7 Å². The minimum absolute atomic E-state index is 0.105. The maximum atomic E-state index is 12.5. The van der Waals surface area contributed by atoms with Gasteiger partial charge < -0.3 is 15.8 Å². The summed E-state index contributed by atoms with van der Waals surface area (Å²) in [4.78, 5) is 36.1. The van der Waals surface area contributed by atoms with E-state index in [1.54, 1.807) is 25.6 Å². The predicted molar refractivity (Wildman–Crippen MR) is 92.5 cm³/mol. The molecule has 0 bridgehead atoms. The Bertz CT molecular complexity index is 856. The number of halogens is 1. The molecule has 2 rings (SSSR count). The Hall–Kier alpha value is -2.20. The number of primary amides is 1. The Morgan fingerprint density at radius 1 is 1.33 bits per heavy atom. The summed E-state index contributed by atoms with van der Waals surface area (Å²) < 4.78 is 6.82. The summed E-state index contributed by atoms with van der Waals surface area (Å²) in [6.07, 6.45) is 0. The number of nitrogens with one attached hydrogen (secondary N) is 1. The van der Waals surface area contributed by atoms with Crippen molar-refractivity contribution >= 4 is 50.1 Å². The van der Waals surface area contributed by atoms with E-state index >= 15 is 0 Å². The molecule has 0 saturated carbocycles. The van der Waals surface area contributed by atoms with Gasteiger partial charge >= 0.3 is 5.97 Å². The lowest BCUT2D eigenvalue weighted by Gasteiger charge is -2.05. The zero-order valence-electron chi connectivity index (χ0n) is 13.4. The summed E-state index contributed by atoms with van der Waals surface area (Å²) in [7, 11) is 2.92. The van der Waals surface area contributed by atoms with E-state index in [0.29, 0.717) is 10.0 Å². The molecule has 8 nitrogen and oxygen atoms in total. The summed E-state index contributed by atoms with van der Waals surface area (Å²) in [5.74, 6) is -1.87. The molecule has 0 aliphatic heterocycles. The van der Waals surface area contributed by atoms with Crippen LogP contribution in [0.3, 0.4) is 0 Å². The standard InChI is InChI=1S/C14H15BrN4O4S/c1-5-7(14(22)23-4)13(24-10(5)11(16)20)17-12(21)9-8(15)6(2)19(3)18-9/h1-4H3,(H2,16,20)(H,17,21). The number of carbonyl (C=O) groups is 3. The molecule has 2 amide bonds. The van der Waals surface area contributed by atoms with Gasteiger partial charge in [0, 0.05) is 7.05 Å². The zero-order chi connectivity index (χ0) is 18.2. The smallest absolute Gasteiger partial charge is 0.341 e. The van der Waals surface area contributed by atoms with Gasteiger partial charge in [0.2, 0.25) is 0 Å². The minimum Gasteiger partial charge on any atom is -0.465 e. The van der Waals surface area contributed by atoms with Crippen LogP contribution >= 0.6 is 27.3 Å². The number of aryl methyl sites for hydroxylation is 1. The topological polar surface area (TPSA) is 116 Å². The molecule has 10 heteroatoms. The number of esters is 1. The number of ether oxygens (including phenoxy) is 1. The molecule has 24 heavy (non-hydrogen) atoms. The Morgan fingerprint density at radius 2 is 1.96 bits per heavy atom. The van der Waals surface area contributed by atoms with Crippen molar-refractivity contribution in [2.75, 3.05) is 12.4 Å². The molecule has 0 saturated heterocycles. The van der Waals surface area contributed by atoms with Crippen LogP contribution in [0.1, 0.15) is 41.8 Å². The van der Waals surface area contributed by atoms with Crippen LogP contribution in [0.25, 0.3) is 0 Å². The average molecular weight is 415 g/mol. The molecule has 0 aliphatic carbocycles. The SMILES string of the molecule is COC(=O)c1c(NC(=O)c2nn(C)c(C)c2Br)sc(C(N)=O)c1C. The minimum atomic E-state index is -0.682. The molecular weight excluding hydrogens is 400 g/mol. The highest BCUT2D eigenvalue weighted by Crippen LogP contribution is 2.34.